The summed E-state index contributed by atoms with van der Waals surface area (Å²) in [6.45, 7) is -0.156. The molecule has 116 valence electrons. The van der Waals surface area contributed by atoms with Crippen molar-refractivity contribution in [3.63, 3.8) is 0 Å². The number of Topliss-reactive ketones (excluding diaryl/α,β-unsaturated/α-hetero) is 1. The Morgan fingerprint density at radius 3 is 2.65 bits per heavy atom. The van der Waals surface area contributed by atoms with E-state index in [4.69, 9.17) is 14.6 Å². The smallest absolute Gasteiger partial charge is 0.341 e. The fourth-order valence-electron chi connectivity index (χ4n) is 2.29. The molecule has 0 aromatic heterocycles. The molecule has 0 amide bonds. The predicted octanol–water partition coefficient (Wildman–Crippen LogP) is 2.81. The van der Waals surface area contributed by atoms with Crippen molar-refractivity contribution in [3.05, 3.63) is 65.2 Å². The van der Waals surface area contributed by atoms with Crippen LogP contribution in [-0.2, 0) is 4.79 Å². The maximum atomic E-state index is 12.4. The average molecular weight is 310 g/mol. The number of carbonyl (C=O) groups is 2. The Balaban J connectivity index is 1.77. The van der Waals surface area contributed by atoms with Gasteiger partial charge in [0.1, 0.15) is 18.1 Å². The van der Waals surface area contributed by atoms with Gasteiger partial charge in [-0.15, -0.1) is 0 Å². The number of rotatable bonds is 4. The number of carboxylic acid groups (broad SMARTS) is 1. The molecule has 0 atom stereocenters. The van der Waals surface area contributed by atoms with Crippen molar-refractivity contribution < 1.29 is 24.2 Å². The van der Waals surface area contributed by atoms with Crippen molar-refractivity contribution in [3.8, 4) is 11.5 Å². The number of fused-ring (bicyclic) bond motifs is 1. The third kappa shape index (κ3) is 3.40. The molecule has 0 bridgehead atoms. The Hall–Kier alpha value is -3.08. The fraction of sp³-hybridized carbons (Fsp3) is 0.111. The highest BCUT2D eigenvalue weighted by Gasteiger charge is 2.22. The lowest BCUT2D eigenvalue weighted by molar-refractivity contribution is -0.139. The van der Waals surface area contributed by atoms with Gasteiger partial charge in [0, 0.05) is 5.57 Å². The second-order valence-electron chi connectivity index (χ2n) is 5.03. The summed E-state index contributed by atoms with van der Waals surface area (Å²) in [6.07, 6.45) is 1.76. The number of benzene rings is 2. The number of para-hydroxylation sites is 1. The SMILES string of the molecule is O=C(O)COc1ccc(/C=C2\COc3ccccc3C2=O)cc1. The van der Waals surface area contributed by atoms with Crippen molar-refractivity contribution in [1.82, 2.24) is 0 Å². The molecule has 0 unspecified atom stereocenters. The van der Waals surface area contributed by atoms with Gasteiger partial charge in [0.15, 0.2) is 12.4 Å². The minimum Gasteiger partial charge on any atom is -0.488 e. The number of aliphatic carboxylic acids is 1. The van der Waals surface area contributed by atoms with E-state index in [1.807, 2.05) is 6.07 Å². The molecule has 0 aliphatic carbocycles. The van der Waals surface area contributed by atoms with E-state index in [0.29, 0.717) is 22.6 Å². The van der Waals surface area contributed by atoms with Gasteiger partial charge in [0.25, 0.3) is 0 Å². The first-order valence-electron chi connectivity index (χ1n) is 7.05. The molecule has 3 rings (SSSR count). The standard InChI is InChI=1S/C18H14O5/c19-17(20)11-22-14-7-5-12(6-8-14)9-13-10-23-16-4-2-1-3-15(16)18(13)21/h1-9H,10-11H2,(H,19,20)/b13-9+. The van der Waals surface area contributed by atoms with Crippen molar-refractivity contribution >= 4 is 17.8 Å². The van der Waals surface area contributed by atoms with Crippen LogP contribution in [0.4, 0.5) is 0 Å². The lowest BCUT2D eigenvalue weighted by Crippen LogP contribution is -2.18. The summed E-state index contributed by atoms with van der Waals surface area (Å²) < 4.78 is 10.7. The van der Waals surface area contributed by atoms with Gasteiger partial charge in [-0.2, -0.15) is 0 Å². The Bertz CT molecular complexity index is 774. The van der Waals surface area contributed by atoms with Crippen LogP contribution < -0.4 is 9.47 Å². The largest absolute Gasteiger partial charge is 0.488 e. The van der Waals surface area contributed by atoms with Crippen LogP contribution in [0.2, 0.25) is 0 Å². The number of ketones is 1. The summed E-state index contributed by atoms with van der Waals surface area (Å²) >= 11 is 0. The zero-order valence-electron chi connectivity index (χ0n) is 12.2. The number of hydrogen-bond acceptors (Lipinski definition) is 4. The van der Waals surface area contributed by atoms with Gasteiger partial charge < -0.3 is 14.6 Å². The monoisotopic (exact) mass is 310 g/mol. The molecular weight excluding hydrogens is 296 g/mol. The van der Waals surface area contributed by atoms with Gasteiger partial charge >= 0.3 is 5.97 Å². The molecule has 0 radical (unpaired) electrons. The van der Waals surface area contributed by atoms with Gasteiger partial charge in [0.05, 0.1) is 5.56 Å². The Morgan fingerprint density at radius 1 is 1.17 bits per heavy atom. The summed E-state index contributed by atoms with van der Waals surface area (Å²) in [4.78, 5) is 22.9. The van der Waals surface area contributed by atoms with E-state index in [0.717, 1.165) is 5.56 Å². The Labute approximate surface area is 132 Å². The summed E-state index contributed by atoms with van der Waals surface area (Å²) in [5, 5.41) is 8.57. The highest BCUT2D eigenvalue weighted by molar-refractivity contribution is 6.14. The second-order valence-corrected chi connectivity index (χ2v) is 5.03. The lowest BCUT2D eigenvalue weighted by Gasteiger charge is -2.18. The van der Waals surface area contributed by atoms with Crippen LogP contribution in [0.15, 0.2) is 54.1 Å². The molecule has 0 saturated carbocycles. The normalized spacial score (nSPS) is 15.0. The molecule has 1 heterocycles. The third-order valence-corrected chi connectivity index (χ3v) is 3.39. The maximum absolute atomic E-state index is 12.4. The molecule has 0 spiro atoms. The van der Waals surface area contributed by atoms with E-state index < -0.39 is 5.97 Å². The first kappa shape index (κ1) is 14.8. The molecule has 0 fully saturated rings. The van der Waals surface area contributed by atoms with Crippen LogP contribution in [0.1, 0.15) is 15.9 Å². The maximum Gasteiger partial charge on any atom is 0.341 e. The van der Waals surface area contributed by atoms with Gasteiger partial charge in [-0.3, -0.25) is 4.79 Å². The average Bonchev–Trinajstić information content (AvgIpc) is 2.57. The molecule has 2 aromatic rings. The van der Waals surface area contributed by atoms with Crippen molar-refractivity contribution in [1.29, 1.82) is 0 Å². The van der Waals surface area contributed by atoms with Crippen molar-refractivity contribution in [2.45, 2.75) is 0 Å². The molecule has 0 saturated heterocycles. The molecule has 23 heavy (non-hydrogen) atoms. The molecule has 1 aliphatic heterocycles. The summed E-state index contributed by atoms with van der Waals surface area (Å²) in [7, 11) is 0. The van der Waals surface area contributed by atoms with Crippen molar-refractivity contribution in [2.24, 2.45) is 0 Å². The van der Waals surface area contributed by atoms with Crippen LogP contribution in [0.25, 0.3) is 6.08 Å². The Kier molecular flexibility index (Phi) is 4.10. The highest BCUT2D eigenvalue weighted by Crippen LogP contribution is 2.27. The van der Waals surface area contributed by atoms with Crippen LogP contribution in [0.5, 0.6) is 11.5 Å². The Morgan fingerprint density at radius 2 is 1.91 bits per heavy atom. The fourth-order valence-corrected chi connectivity index (χ4v) is 2.29. The minimum atomic E-state index is -1.03. The molecule has 2 aromatic carbocycles. The first-order chi connectivity index (χ1) is 11.1. The summed E-state index contributed by atoms with van der Waals surface area (Å²) in [5.41, 5.74) is 1.95. The number of carbonyl (C=O) groups excluding carboxylic acids is 1. The highest BCUT2D eigenvalue weighted by atomic mass is 16.5. The number of carboxylic acids is 1. The zero-order chi connectivity index (χ0) is 16.2. The first-order valence-corrected chi connectivity index (χ1v) is 7.05. The zero-order valence-corrected chi connectivity index (χ0v) is 12.2. The van der Waals surface area contributed by atoms with E-state index >= 15 is 0 Å². The van der Waals surface area contributed by atoms with Gasteiger partial charge in [-0.05, 0) is 35.9 Å². The van der Waals surface area contributed by atoms with E-state index in [9.17, 15) is 9.59 Å². The number of hydrogen-bond donors (Lipinski definition) is 1. The quantitative estimate of drug-likeness (QED) is 0.879. The molecule has 5 nitrogen and oxygen atoms in total. The topological polar surface area (TPSA) is 72.8 Å². The van der Waals surface area contributed by atoms with Crippen LogP contribution in [0, 0.1) is 0 Å². The molecular formula is C18H14O5. The van der Waals surface area contributed by atoms with E-state index in [1.54, 1.807) is 48.5 Å². The van der Waals surface area contributed by atoms with Crippen LogP contribution in [0.3, 0.4) is 0 Å². The van der Waals surface area contributed by atoms with Crippen LogP contribution in [-0.4, -0.2) is 30.1 Å². The summed E-state index contributed by atoms with van der Waals surface area (Å²) in [6, 6.07) is 14.0. The lowest BCUT2D eigenvalue weighted by atomic mass is 9.98. The molecule has 1 N–H and O–H groups in total. The number of ether oxygens (including phenoxy) is 2. The summed E-state index contributed by atoms with van der Waals surface area (Å²) in [5.74, 6) is -0.00366. The van der Waals surface area contributed by atoms with E-state index in [2.05, 4.69) is 0 Å². The van der Waals surface area contributed by atoms with Crippen LogP contribution >= 0.6 is 0 Å². The molecule has 5 heteroatoms. The third-order valence-electron chi connectivity index (χ3n) is 3.39. The minimum absolute atomic E-state index is 0.0435. The van der Waals surface area contributed by atoms with Crippen molar-refractivity contribution in [2.75, 3.05) is 13.2 Å². The van der Waals surface area contributed by atoms with E-state index in [-0.39, 0.29) is 19.0 Å². The predicted molar refractivity (Wildman–Crippen MR) is 83.8 cm³/mol. The van der Waals surface area contributed by atoms with E-state index in [1.165, 1.54) is 0 Å². The van der Waals surface area contributed by atoms with Gasteiger partial charge in [0.2, 0.25) is 0 Å². The van der Waals surface area contributed by atoms with Gasteiger partial charge in [-0.25, -0.2) is 4.79 Å². The van der Waals surface area contributed by atoms with Gasteiger partial charge in [-0.1, -0.05) is 24.3 Å². The molecule has 1 aliphatic rings. The second kappa shape index (κ2) is 6.36.